The fraction of sp³-hybridized carbons (Fsp3) is 0.381. The fourth-order valence-electron chi connectivity index (χ4n) is 3.51. The van der Waals surface area contributed by atoms with Gasteiger partial charge in [-0.2, -0.15) is 0 Å². The van der Waals surface area contributed by atoms with Crippen LogP contribution in [0.4, 0.5) is 0 Å². The highest BCUT2D eigenvalue weighted by Gasteiger charge is 2.33. The van der Waals surface area contributed by atoms with Crippen molar-refractivity contribution < 1.29 is 14.6 Å². The van der Waals surface area contributed by atoms with Crippen molar-refractivity contribution >= 4 is 5.91 Å². The third-order valence-electron chi connectivity index (χ3n) is 4.78. The van der Waals surface area contributed by atoms with Crippen LogP contribution in [-0.4, -0.2) is 29.1 Å². The molecule has 0 spiro atoms. The zero-order valence-electron chi connectivity index (χ0n) is 14.9. The number of benzene rings is 2. The van der Waals surface area contributed by atoms with Crippen LogP contribution < -0.4 is 4.74 Å². The van der Waals surface area contributed by atoms with Gasteiger partial charge >= 0.3 is 0 Å². The fourth-order valence-corrected chi connectivity index (χ4v) is 3.51. The summed E-state index contributed by atoms with van der Waals surface area (Å²) in [4.78, 5) is 14.7. The Labute approximate surface area is 149 Å². The van der Waals surface area contributed by atoms with Gasteiger partial charge in [-0.15, -0.1) is 0 Å². The van der Waals surface area contributed by atoms with Crippen LogP contribution in [0.2, 0.25) is 0 Å². The zero-order chi connectivity index (χ0) is 17.8. The van der Waals surface area contributed by atoms with Gasteiger partial charge in [-0.1, -0.05) is 37.3 Å². The zero-order valence-corrected chi connectivity index (χ0v) is 14.9. The summed E-state index contributed by atoms with van der Waals surface area (Å²) in [7, 11) is 0. The van der Waals surface area contributed by atoms with Gasteiger partial charge in [0.2, 0.25) is 0 Å². The standard InChI is InChI=1S/C21H25NO3/c1-3-15-9-10-16(13-20(15)25-4-2)19(11-12-23)22-14-17-7-5-6-8-18(17)21(22)24/h5-10,13,19,23H,3-4,11-12,14H2,1-2H3. The summed E-state index contributed by atoms with van der Waals surface area (Å²) >= 11 is 0. The van der Waals surface area contributed by atoms with E-state index in [9.17, 15) is 9.90 Å². The van der Waals surface area contributed by atoms with Crippen molar-refractivity contribution in [2.75, 3.05) is 13.2 Å². The smallest absolute Gasteiger partial charge is 0.255 e. The van der Waals surface area contributed by atoms with E-state index < -0.39 is 0 Å². The summed E-state index contributed by atoms with van der Waals surface area (Å²) in [5.74, 6) is 0.904. The first-order valence-electron chi connectivity index (χ1n) is 8.94. The van der Waals surface area contributed by atoms with Gasteiger partial charge in [0.05, 0.1) is 12.6 Å². The van der Waals surface area contributed by atoms with E-state index in [1.807, 2.05) is 42.2 Å². The Hall–Kier alpha value is -2.33. The molecule has 1 aliphatic rings. The lowest BCUT2D eigenvalue weighted by atomic mass is 9.99. The number of aliphatic hydroxyl groups excluding tert-OH is 1. The molecule has 0 radical (unpaired) electrons. The van der Waals surface area contributed by atoms with Crippen molar-refractivity contribution in [1.82, 2.24) is 4.90 Å². The molecule has 4 heteroatoms. The monoisotopic (exact) mass is 339 g/mol. The molecule has 0 saturated carbocycles. The van der Waals surface area contributed by atoms with Gasteiger partial charge in [0.1, 0.15) is 5.75 Å². The number of carbonyl (C=O) groups excluding carboxylic acids is 1. The van der Waals surface area contributed by atoms with Crippen LogP contribution in [0.3, 0.4) is 0 Å². The highest BCUT2D eigenvalue weighted by atomic mass is 16.5. The highest BCUT2D eigenvalue weighted by molar-refractivity contribution is 5.98. The van der Waals surface area contributed by atoms with Gasteiger partial charge in [0.25, 0.3) is 5.91 Å². The Morgan fingerprint density at radius 3 is 2.68 bits per heavy atom. The molecule has 0 bridgehead atoms. The van der Waals surface area contributed by atoms with E-state index in [-0.39, 0.29) is 18.6 Å². The predicted molar refractivity (Wildman–Crippen MR) is 97.7 cm³/mol. The van der Waals surface area contributed by atoms with E-state index in [2.05, 4.69) is 19.1 Å². The van der Waals surface area contributed by atoms with Gasteiger partial charge < -0.3 is 14.7 Å². The van der Waals surface area contributed by atoms with E-state index >= 15 is 0 Å². The van der Waals surface area contributed by atoms with Gasteiger partial charge in [0.15, 0.2) is 0 Å². The molecule has 1 unspecified atom stereocenters. The molecule has 2 aromatic carbocycles. The molecule has 4 nitrogen and oxygen atoms in total. The molecule has 1 amide bonds. The number of carbonyl (C=O) groups is 1. The maximum absolute atomic E-state index is 12.8. The first-order chi connectivity index (χ1) is 12.2. The van der Waals surface area contributed by atoms with E-state index in [0.717, 1.165) is 34.4 Å². The number of fused-ring (bicyclic) bond motifs is 1. The summed E-state index contributed by atoms with van der Waals surface area (Å²) < 4.78 is 5.78. The van der Waals surface area contributed by atoms with Gasteiger partial charge in [0, 0.05) is 18.7 Å². The molecular formula is C21H25NO3. The number of aryl methyl sites for hydroxylation is 1. The number of ether oxygens (including phenoxy) is 1. The van der Waals surface area contributed by atoms with Crippen LogP contribution in [0.5, 0.6) is 5.75 Å². The minimum absolute atomic E-state index is 0.0320. The highest BCUT2D eigenvalue weighted by Crippen LogP contribution is 2.35. The molecule has 0 saturated heterocycles. The molecule has 0 aliphatic carbocycles. The molecule has 1 N–H and O–H groups in total. The maximum atomic E-state index is 12.8. The van der Waals surface area contributed by atoms with Crippen LogP contribution in [-0.2, 0) is 13.0 Å². The van der Waals surface area contributed by atoms with Gasteiger partial charge in [-0.05, 0) is 48.6 Å². The number of hydrogen-bond donors (Lipinski definition) is 1. The molecule has 0 aromatic heterocycles. The lowest BCUT2D eigenvalue weighted by Crippen LogP contribution is -2.30. The van der Waals surface area contributed by atoms with Crippen LogP contribution in [0, 0.1) is 0 Å². The van der Waals surface area contributed by atoms with Crippen LogP contribution >= 0.6 is 0 Å². The number of nitrogens with zero attached hydrogens (tertiary/aromatic N) is 1. The Balaban J connectivity index is 1.95. The lowest BCUT2D eigenvalue weighted by molar-refractivity contribution is 0.0670. The minimum atomic E-state index is -0.157. The summed E-state index contributed by atoms with van der Waals surface area (Å²) in [6.45, 7) is 5.29. The molecule has 3 rings (SSSR count). The lowest BCUT2D eigenvalue weighted by Gasteiger charge is -2.28. The number of amides is 1. The Morgan fingerprint density at radius 2 is 2.00 bits per heavy atom. The average molecular weight is 339 g/mol. The Morgan fingerprint density at radius 1 is 1.20 bits per heavy atom. The second-order valence-corrected chi connectivity index (χ2v) is 6.27. The summed E-state index contributed by atoms with van der Waals surface area (Å²) in [5.41, 5.74) is 3.98. The van der Waals surface area contributed by atoms with Crippen LogP contribution in [0.1, 0.15) is 53.4 Å². The summed E-state index contributed by atoms with van der Waals surface area (Å²) in [6.07, 6.45) is 1.41. The predicted octanol–water partition coefficient (Wildman–Crippen LogP) is 3.73. The SMILES string of the molecule is CCOc1cc(C(CCO)N2Cc3ccccc3C2=O)ccc1CC. The molecular weight excluding hydrogens is 314 g/mol. The van der Waals surface area contributed by atoms with Crippen molar-refractivity contribution in [2.24, 2.45) is 0 Å². The van der Waals surface area contributed by atoms with Gasteiger partial charge in [-0.3, -0.25) is 4.79 Å². The van der Waals surface area contributed by atoms with Crippen molar-refractivity contribution in [2.45, 2.75) is 39.3 Å². The van der Waals surface area contributed by atoms with E-state index in [4.69, 9.17) is 4.74 Å². The van der Waals surface area contributed by atoms with Crippen molar-refractivity contribution in [3.8, 4) is 5.75 Å². The third-order valence-corrected chi connectivity index (χ3v) is 4.78. The van der Waals surface area contributed by atoms with E-state index in [0.29, 0.717) is 19.6 Å². The molecule has 1 heterocycles. The molecule has 132 valence electrons. The molecule has 0 fully saturated rings. The summed E-state index contributed by atoms with van der Waals surface area (Å²) in [5, 5.41) is 9.57. The van der Waals surface area contributed by atoms with Crippen LogP contribution in [0.15, 0.2) is 42.5 Å². The number of hydrogen-bond acceptors (Lipinski definition) is 3. The molecule has 1 aliphatic heterocycles. The topological polar surface area (TPSA) is 49.8 Å². The number of aliphatic hydroxyl groups is 1. The normalized spacial score (nSPS) is 14.5. The number of rotatable bonds is 7. The van der Waals surface area contributed by atoms with E-state index in [1.54, 1.807) is 0 Å². The van der Waals surface area contributed by atoms with Gasteiger partial charge in [-0.25, -0.2) is 0 Å². The average Bonchev–Trinajstić information content (AvgIpc) is 2.97. The second kappa shape index (κ2) is 7.70. The first-order valence-corrected chi connectivity index (χ1v) is 8.94. The Bertz CT molecular complexity index is 757. The van der Waals surface area contributed by atoms with Crippen molar-refractivity contribution in [3.63, 3.8) is 0 Å². The molecule has 1 atom stereocenters. The molecule has 25 heavy (non-hydrogen) atoms. The first kappa shape index (κ1) is 17.5. The molecule has 2 aromatic rings. The van der Waals surface area contributed by atoms with E-state index in [1.165, 1.54) is 0 Å². The minimum Gasteiger partial charge on any atom is -0.494 e. The Kier molecular flexibility index (Phi) is 5.39. The largest absolute Gasteiger partial charge is 0.494 e. The maximum Gasteiger partial charge on any atom is 0.255 e. The van der Waals surface area contributed by atoms with Crippen LogP contribution in [0.25, 0.3) is 0 Å². The van der Waals surface area contributed by atoms with Crippen molar-refractivity contribution in [3.05, 3.63) is 64.7 Å². The summed E-state index contributed by atoms with van der Waals surface area (Å²) in [6, 6.07) is 13.7. The van der Waals surface area contributed by atoms with Crippen molar-refractivity contribution in [1.29, 1.82) is 0 Å². The third kappa shape index (κ3) is 3.40. The quantitative estimate of drug-likeness (QED) is 0.836. The second-order valence-electron chi connectivity index (χ2n) is 6.27.